The van der Waals surface area contributed by atoms with Crippen LogP contribution in [0.15, 0.2) is 0 Å². The Morgan fingerprint density at radius 3 is 2.50 bits per heavy atom. The predicted molar refractivity (Wildman–Crippen MR) is 53.0 cm³/mol. The molecule has 0 saturated carbocycles. The molecule has 0 aliphatic carbocycles. The van der Waals surface area contributed by atoms with Crippen LogP contribution in [0.25, 0.3) is 0 Å². The van der Waals surface area contributed by atoms with Crippen molar-refractivity contribution in [2.45, 2.75) is 45.3 Å². The van der Waals surface area contributed by atoms with Crippen LogP contribution in [0.4, 0.5) is 0 Å². The van der Waals surface area contributed by atoms with E-state index >= 15 is 0 Å². The first-order valence-corrected chi connectivity index (χ1v) is 5.04. The van der Waals surface area contributed by atoms with Crippen molar-refractivity contribution in [3.63, 3.8) is 0 Å². The van der Waals surface area contributed by atoms with Gasteiger partial charge in [0.15, 0.2) is 5.78 Å². The lowest BCUT2D eigenvalue weighted by molar-refractivity contribution is -0.138. The summed E-state index contributed by atoms with van der Waals surface area (Å²) in [7, 11) is 0. The average Bonchev–Trinajstić information content (AvgIpc) is 2.16. The summed E-state index contributed by atoms with van der Waals surface area (Å²) >= 11 is 0. The maximum Gasteiger partial charge on any atom is 0.161 e. The molecule has 4 heteroatoms. The van der Waals surface area contributed by atoms with E-state index in [4.69, 9.17) is 9.84 Å². The van der Waals surface area contributed by atoms with Crippen LogP contribution in [0.1, 0.15) is 33.1 Å². The zero-order valence-electron chi connectivity index (χ0n) is 8.90. The van der Waals surface area contributed by atoms with Gasteiger partial charge in [0.1, 0.15) is 12.2 Å². The highest BCUT2D eigenvalue weighted by molar-refractivity contribution is 5.81. The largest absolute Gasteiger partial charge is 0.394 e. The van der Waals surface area contributed by atoms with Crippen molar-refractivity contribution in [3.05, 3.63) is 0 Å². The molecule has 0 fully saturated rings. The third kappa shape index (κ3) is 5.32. The van der Waals surface area contributed by atoms with Gasteiger partial charge in [0.2, 0.25) is 0 Å². The lowest BCUT2D eigenvalue weighted by Gasteiger charge is -2.19. The monoisotopic (exact) mass is 204 g/mol. The van der Waals surface area contributed by atoms with Crippen LogP contribution < -0.4 is 0 Å². The summed E-state index contributed by atoms with van der Waals surface area (Å²) in [6, 6.07) is 0. The van der Waals surface area contributed by atoms with E-state index in [0.29, 0.717) is 6.61 Å². The molecule has 14 heavy (non-hydrogen) atoms. The highest BCUT2D eigenvalue weighted by Crippen LogP contribution is 2.03. The number of hydrogen-bond acceptors (Lipinski definition) is 4. The molecule has 0 amide bonds. The number of carbonyl (C=O) groups excluding carboxylic acids is 1. The maximum atomic E-state index is 11.0. The van der Waals surface area contributed by atoms with Gasteiger partial charge in [-0.2, -0.15) is 0 Å². The molecule has 0 saturated heterocycles. The summed E-state index contributed by atoms with van der Waals surface area (Å²) in [4.78, 5) is 11.0. The molecular formula is C10H20O4. The Balaban J connectivity index is 3.80. The number of aliphatic hydroxyl groups excluding tert-OH is 2. The van der Waals surface area contributed by atoms with Crippen LogP contribution in [0.3, 0.4) is 0 Å². The second-order valence-electron chi connectivity index (χ2n) is 3.36. The van der Waals surface area contributed by atoms with Crippen molar-refractivity contribution >= 4 is 5.78 Å². The van der Waals surface area contributed by atoms with Crippen LogP contribution in [0.2, 0.25) is 0 Å². The molecule has 84 valence electrons. The molecule has 0 heterocycles. The lowest BCUT2D eigenvalue weighted by Crippen LogP contribution is -2.37. The zero-order chi connectivity index (χ0) is 11.0. The number of rotatable bonds is 8. The third-order valence-electron chi connectivity index (χ3n) is 1.98. The second kappa shape index (κ2) is 7.91. The van der Waals surface area contributed by atoms with Gasteiger partial charge in [-0.1, -0.05) is 19.8 Å². The fraction of sp³-hybridized carbons (Fsp3) is 0.900. The molecule has 0 rings (SSSR count). The zero-order valence-corrected chi connectivity index (χ0v) is 8.90. The minimum absolute atomic E-state index is 0.247. The molecule has 0 aromatic heterocycles. The standard InChI is InChI=1S/C10H20O4/c1-3-4-5-6-14-10(8(2)12)9(13)7-11/h9-11,13H,3-7H2,1-2H3. The van der Waals surface area contributed by atoms with Crippen LogP contribution in [0, 0.1) is 0 Å². The van der Waals surface area contributed by atoms with Gasteiger partial charge in [-0.15, -0.1) is 0 Å². The molecule has 0 aliphatic rings. The van der Waals surface area contributed by atoms with E-state index in [1.54, 1.807) is 0 Å². The summed E-state index contributed by atoms with van der Waals surface area (Å²) in [5, 5.41) is 17.9. The van der Waals surface area contributed by atoms with E-state index in [2.05, 4.69) is 6.92 Å². The molecule has 0 aliphatic heterocycles. The van der Waals surface area contributed by atoms with Crippen LogP contribution >= 0.6 is 0 Å². The summed E-state index contributed by atoms with van der Waals surface area (Å²) in [5.74, 6) is -0.247. The number of hydrogen-bond donors (Lipinski definition) is 2. The van der Waals surface area contributed by atoms with E-state index in [1.807, 2.05) is 0 Å². The summed E-state index contributed by atoms with van der Waals surface area (Å²) in [6.07, 6.45) is 1.01. The molecule has 2 atom stereocenters. The molecule has 2 N–H and O–H groups in total. The Morgan fingerprint density at radius 2 is 2.07 bits per heavy atom. The van der Waals surface area contributed by atoms with Gasteiger partial charge < -0.3 is 14.9 Å². The van der Waals surface area contributed by atoms with E-state index < -0.39 is 18.8 Å². The van der Waals surface area contributed by atoms with Crippen molar-refractivity contribution in [2.75, 3.05) is 13.2 Å². The van der Waals surface area contributed by atoms with E-state index in [-0.39, 0.29) is 5.78 Å². The molecular weight excluding hydrogens is 184 g/mol. The van der Waals surface area contributed by atoms with Gasteiger partial charge >= 0.3 is 0 Å². The van der Waals surface area contributed by atoms with Crippen molar-refractivity contribution in [3.8, 4) is 0 Å². The summed E-state index contributed by atoms with van der Waals surface area (Å²) in [5.41, 5.74) is 0. The number of ether oxygens (including phenoxy) is 1. The fourth-order valence-electron chi connectivity index (χ4n) is 1.16. The first kappa shape index (κ1) is 13.5. The minimum atomic E-state index is -1.10. The van der Waals surface area contributed by atoms with Crippen LogP contribution in [-0.2, 0) is 9.53 Å². The summed E-state index contributed by atoms with van der Waals surface area (Å²) < 4.78 is 5.20. The number of aliphatic hydroxyl groups is 2. The van der Waals surface area contributed by atoms with Gasteiger partial charge in [0, 0.05) is 6.61 Å². The van der Waals surface area contributed by atoms with Crippen LogP contribution in [0.5, 0.6) is 0 Å². The van der Waals surface area contributed by atoms with E-state index in [9.17, 15) is 9.90 Å². The molecule has 2 unspecified atom stereocenters. The smallest absolute Gasteiger partial charge is 0.161 e. The molecule has 0 bridgehead atoms. The normalized spacial score (nSPS) is 15.1. The Labute approximate surface area is 84.9 Å². The summed E-state index contributed by atoms with van der Waals surface area (Å²) in [6.45, 7) is 3.43. The molecule has 0 spiro atoms. The SMILES string of the molecule is CCCCCOC(C(C)=O)C(O)CO. The Kier molecular flexibility index (Phi) is 7.65. The van der Waals surface area contributed by atoms with E-state index in [0.717, 1.165) is 19.3 Å². The maximum absolute atomic E-state index is 11.0. The minimum Gasteiger partial charge on any atom is -0.394 e. The van der Waals surface area contributed by atoms with Gasteiger partial charge in [-0.3, -0.25) is 4.79 Å². The van der Waals surface area contributed by atoms with Crippen molar-refractivity contribution in [2.24, 2.45) is 0 Å². The third-order valence-corrected chi connectivity index (χ3v) is 1.98. The van der Waals surface area contributed by atoms with Crippen LogP contribution in [-0.4, -0.2) is 41.4 Å². The highest BCUT2D eigenvalue weighted by Gasteiger charge is 2.23. The number of Topliss-reactive ketones (excluding diaryl/α,β-unsaturated/α-hetero) is 1. The Morgan fingerprint density at radius 1 is 1.43 bits per heavy atom. The number of ketones is 1. The molecule has 0 radical (unpaired) electrons. The highest BCUT2D eigenvalue weighted by atomic mass is 16.5. The van der Waals surface area contributed by atoms with E-state index in [1.165, 1.54) is 6.92 Å². The second-order valence-corrected chi connectivity index (χ2v) is 3.36. The average molecular weight is 204 g/mol. The topological polar surface area (TPSA) is 66.8 Å². The quantitative estimate of drug-likeness (QED) is 0.565. The first-order valence-electron chi connectivity index (χ1n) is 5.04. The first-order chi connectivity index (χ1) is 6.63. The van der Waals surface area contributed by atoms with Crippen molar-refractivity contribution in [1.82, 2.24) is 0 Å². The van der Waals surface area contributed by atoms with Gasteiger partial charge in [0.25, 0.3) is 0 Å². The lowest BCUT2D eigenvalue weighted by atomic mass is 10.1. The van der Waals surface area contributed by atoms with Crippen molar-refractivity contribution in [1.29, 1.82) is 0 Å². The Bertz CT molecular complexity index is 158. The van der Waals surface area contributed by atoms with Gasteiger partial charge in [0.05, 0.1) is 6.61 Å². The van der Waals surface area contributed by atoms with Gasteiger partial charge in [-0.25, -0.2) is 0 Å². The fourth-order valence-corrected chi connectivity index (χ4v) is 1.16. The molecule has 4 nitrogen and oxygen atoms in total. The molecule has 0 aromatic carbocycles. The predicted octanol–water partition coefficient (Wildman–Crippen LogP) is 0.504. The van der Waals surface area contributed by atoms with Crippen molar-refractivity contribution < 1.29 is 19.7 Å². The molecule has 0 aromatic rings. The number of carbonyl (C=O) groups is 1. The Hall–Kier alpha value is -0.450. The van der Waals surface area contributed by atoms with Gasteiger partial charge in [-0.05, 0) is 13.3 Å². The number of unbranched alkanes of at least 4 members (excludes halogenated alkanes) is 2.